The normalized spacial score (nSPS) is 19.7. The average molecular weight is 319 g/mol. The van der Waals surface area contributed by atoms with E-state index < -0.39 is 16.8 Å². The molecule has 3 N–H and O–H groups in total. The lowest BCUT2D eigenvalue weighted by Crippen LogP contribution is -2.31. The third kappa shape index (κ3) is 2.27. The number of fused-ring (bicyclic) bond motifs is 1. The number of benzene rings is 1. The number of hydrogen-bond acceptors (Lipinski definition) is 7. The van der Waals surface area contributed by atoms with Crippen LogP contribution in [0.1, 0.15) is 25.3 Å². The van der Waals surface area contributed by atoms with Gasteiger partial charge in [0.05, 0.1) is 16.2 Å². The Morgan fingerprint density at radius 2 is 2.09 bits per heavy atom. The van der Waals surface area contributed by atoms with E-state index in [0.29, 0.717) is 28.4 Å². The van der Waals surface area contributed by atoms with Crippen molar-refractivity contribution in [2.45, 2.75) is 19.8 Å². The number of hydrogen-bond donors (Lipinski definition) is 3. The van der Waals surface area contributed by atoms with Crippen molar-refractivity contribution in [3.8, 4) is 5.75 Å². The quantitative estimate of drug-likeness (QED) is 0.438. The fourth-order valence-corrected chi connectivity index (χ4v) is 2.89. The van der Waals surface area contributed by atoms with Gasteiger partial charge in [-0.05, 0) is 19.9 Å². The van der Waals surface area contributed by atoms with Gasteiger partial charge in [-0.2, -0.15) is 0 Å². The van der Waals surface area contributed by atoms with Crippen molar-refractivity contribution in [3.63, 3.8) is 0 Å². The Hall–Kier alpha value is -3.07. The van der Waals surface area contributed by atoms with Crippen molar-refractivity contribution in [2.75, 3.05) is 5.48 Å². The number of aliphatic carboxylic acids is 1. The van der Waals surface area contributed by atoms with E-state index >= 15 is 0 Å². The molecule has 0 bridgehead atoms. The zero-order valence-electron chi connectivity index (χ0n) is 12.2. The summed E-state index contributed by atoms with van der Waals surface area (Å²) in [4.78, 5) is 32.2. The number of carbonyl (C=O) groups is 1. The monoisotopic (exact) mass is 319 g/mol. The molecule has 0 radical (unpaired) electrons. The molecule has 0 saturated heterocycles. The summed E-state index contributed by atoms with van der Waals surface area (Å²) in [5, 5.41) is 23.8. The molecule has 0 aromatic heterocycles. The fourth-order valence-electron chi connectivity index (χ4n) is 2.89. The Morgan fingerprint density at radius 1 is 1.35 bits per heavy atom. The van der Waals surface area contributed by atoms with Gasteiger partial charge >= 0.3 is 5.97 Å². The molecule has 0 aliphatic carbocycles. The Balaban J connectivity index is 2.26. The first-order valence-electron chi connectivity index (χ1n) is 6.70. The topological polar surface area (TPSA) is 123 Å². The number of nitrogens with one attached hydrogen (secondary N) is 2. The van der Waals surface area contributed by atoms with Gasteiger partial charge < -0.3 is 15.3 Å². The third-order valence-corrected chi connectivity index (χ3v) is 3.80. The summed E-state index contributed by atoms with van der Waals surface area (Å²) in [5.74, 6) is -1.95. The molecule has 0 fully saturated rings. The summed E-state index contributed by atoms with van der Waals surface area (Å²) in [6, 6.07) is 4.83. The van der Waals surface area contributed by atoms with E-state index in [1.807, 2.05) is 0 Å². The number of nitrogens with zero attached hydrogens (tertiary/aromatic N) is 1. The second-order valence-electron chi connectivity index (χ2n) is 5.16. The van der Waals surface area contributed by atoms with Crippen LogP contribution < -0.4 is 15.7 Å². The van der Waals surface area contributed by atoms with Crippen molar-refractivity contribution < 1.29 is 24.7 Å². The minimum atomic E-state index is -1.23. The van der Waals surface area contributed by atoms with Gasteiger partial charge in [-0.3, -0.25) is 10.1 Å². The van der Waals surface area contributed by atoms with Crippen LogP contribution in [0.3, 0.4) is 0 Å². The first kappa shape index (κ1) is 14.9. The van der Waals surface area contributed by atoms with Crippen LogP contribution in [0, 0.1) is 10.1 Å². The lowest BCUT2D eigenvalue weighted by molar-refractivity contribution is -0.431. The maximum atomic E-state index is 11.7. The minimum Gasteiger partial charge on any atom is -0.478 e. The summed E-state index contributed by atoms with van der Waals surface area (Å²) < 4.78 is 0. The van der Waals surface area contributed by atoms with Gasteiger partial charge in [-0.1, -0.05) is 17.1 Å². The van der Waals surface area contributed by atoms with Crippen LogP contribution in [0.15, 0.2) is 40.9 Å². The number of para-hydroxylation sites is 1. The van der Waals surface area contributed by atoms with E-state index in [1.54, 1.807) is 25.1 Å². The van der Waals surface area contributed by atoms with Gasteiger partial charge in [-0.15, -0.1) is 0 Å². The Morgan fingerprint density at radius 3 is 2.74 bits per heavy atom. The molecule has 2 aliphatic heterocycles. The molecular formula is C14H13N3O6. The second-order valence-corrected chi connectivity index (χ2v) is 5.16. The standard InChI is InChI=1S/C14H13N3O6/c1-6-10(14(18)19)11(13(17(20)21)7(2)15-6)8-4-3-5-9-12(8)16-23-22-9/h3-5,11,15-16H,1-2H3,(H,18,19). The lowest BCUT2D eigenvalue weighted by Gasteiger charge is -2.25. The molecule has 0 spiro atoms. The SMILES string of the molecule is CC1=C(C(=O)O)C(c2cccc3c2NOO3)C([N+](=O)[O-])=C(C)N1. The Kier molecular flexibility index (Phi) is 3.41. The summed E-state index contributed by atoms with van der Waals surface area (Å²) in [5.41, 5.74) is 3.60. The van der Waals surface area contributed by atoms with Gasteiger partial charge in [0, 0.05) is 11.3 Å². The van der Waals surface area contributed by atoms with Crippen LogP contribution >= 0.6 is 0 Å². The molecule has 120 valence electrons. The van der Waals surface area contributed by atoms with Crippen molar-refractivity contribution >= 4 is 11.7 Å². The first-order chi connectivity index (χ1) is 10.9. The molecule has 1 aromatic carbocycles. The predicted molar refractivity (Wildman–Crippen MR) is 77.7 cm³/mol. The van der Waals surface area contributed by atoms with Gasteiger partial charge in [0.2, 0.25) is 0 Å². The maximum absolute atomic E-state index is 11.7. The number of dihydropyridines is 1. The van der Waals surface area contributed by atoms with E-state index in [4.69, 9.17) is 4.89 Å². The van der Waals surface area contributed by atoms with Crippen LogP contribution in [0.4, 0.5) is 5.69 Å². The number of nitro groups is 1. The Labute approximate surface area is 130 Å². The van der Waals surface area contributed by atoms with Crippen molar-refractivity contribution in [1.29, 1.82) is 0 Å². The molecule has 1 unspecified atom stereocenters. The molecule has 1 aromatic rings. The molecular weight excluding hydrogens is 306 g/mol. The van der Waals surface area contributed by atoms with E-state index in [0.717, 1.165) is 0 Å². The smallest absolute Gasteiger partial charge is 0.334 e. The van der Waals surface area contributed by atoms with Gasteiger partial charge in [-0.25, -0.2) is 10.3 Å². The average Bonchev–Trinajstić information content (AvgIpc) is 2.93. The molecule has 0 saturated carbocycles. The van der Waals surface area contributed by atoms with Crippen molar-refractivity contribution in [2.24, 2.45) is 0 Å². The molecule has 2 heterocycles. The number of allylic oxidation sites excluding steroid dienone is 3. The molecule has 0 amide bonds. The highest BCUT2D eigenvalue weighted by Crippen LogP contribution is 2.45. The second kappa shape index (κ2) is 5.29. The van der Waals surface area contributed by atoms with E-state index in [2.05, 4.69) is 15.8 Å². The van der Waals surface area contributed by atoms with E-state index in [1.165, 1.54) is 6.92 Å². The zero-order valence-corrected chi connectivity index (χ0v) is 12.2. The van der Waals surface area contributed by atoms with Gasteiger partial charge in [0.25, 0.3) is 5.70 Å². The van der Waals surface area contributed by atoms with Gasteiger partial charge in [0.1, 0.15) is 11.6 Å². The van der Waals surface area contributed by atoms with E-state index in [9.17, 15) is 20.0 Å². The van der Waals surface area contributed by atoms with Crippen LogP contribution in [0.2, 0.25) is 0 Å². The van der Waals surface area contributed by atoms with Crippen molar-refractivity contribution in [1.82, 2.24) is 5.32 Å². The highest BCUT2D eigenvalue weighted by Gasteiger charge is 2.42. The summed E-state index contributed by atoms with van der Waals surface area (Å²) in [6.45, 7) is 3.11. The summed E-state index contributed by atoms with van der Waals surface area (Å²) >= 11 is 0. The molecule has 2 aliphatic rings. The summed E-state index contributed by atoms with van der Waals surface area (Å²) in [7, 11) is 0. The minimum absolute atomic E-state index is 0.0931. The first-order valence-corrected chi connectivity index (χ1v) is 6.70. The maximum Gasteiger partial charge on any atom is 0.334 e. The number of rotatable bonds is 3. The number of anilines is 1. The van der Waals surface area contributed by atoms with Crippen LogP contribution in [-0.2, 0) is 9.78 Å². The van der Waals surface area contributed by atoms with Crippen LogP contribution in [-0.4, -0.2) is 16.0 Å². The highest BCUT2D eigenvalue weighted by atomic mass is 17.3. The Bertz CT molecular complexity index is 747. The predicted octanol–water partition coefficient (Wildman–Crippen LogP) is 1.89. The summed E-state index contributed by atoms with van der Waals surface area (Å²) in [6.07, 6.45) is 0. The molecule has 3 rings (SSSR count). The molecule has 9 nitrogen and oxygen atoms in total. The van der Waals surface area contributed by atoms with Crippen LogP contribution in [0.25, 0.3) is 0 Å². The van der Waals surface area contributed by atoms with Crippen LogP contribution in [0.5, 0.6) is 5.75 Å². The fraction of sp³-hybridized carbons (Fsp3) is 0.214. The number of carboxylic acids is 1. The number of carboxylic acid groups (broad SMARTS) is 1. The van der Waals surface area contributed by atoms with Crippen molar-refractivity contribution in [3.05, 3.63) is 56.5 Å². The zero-order chi connectivity index (χ0) is 16.7. The largest absolute Gasteiger partial charge is 0.478 e. The van der Waals surface area contributed by atoms with Gasteiger partial charge in [0.15, 0.2) is 5.75 Å². The van der Waals surface area contributed by atoms with E-state index in [-0.39, 0.29) is 11.3 Å². The lowest BCUT2D eigenvalue weighted by atomic mass is 9.83. The third-order valence-electron chi connectivity index (χ3n) is 3.80. The molecule has 1 atom stereocenters. The highest BCUT2D eigenvalue weighted by molar-refractivity contribution is 5.91. The molecule has 9 heteroatoms. The molecule has 23 heavy (non-hydrogen) atoms.